The molecule has 0 heterocycles. The van der Waals surface area contributed by atoms with Crippen molar-refractivity contribution in [1.29, 1.82) is 0 Å². The molecule has 4 rings (SSSR count). The van der Waals surface area contributed by atoms with Crippen LogP contribution in [0.25, 0.3) is 0 Å². The third-order valence-electron chi connectivity index (χ3n) is 6.26. The number of rotatable bonds is 8. The highest BCUT2D eigenvalue weighted by Gasteiger charge is 2.29. The molecule has 1 aliphatic carbocycles. The maximum absolute atomic E-state index is 13.4. The van der Waals surface area contributed by atoms with Crippen LogP contribution in [0.15, 0.2) is 77.7 Å². The van der Waals surface area contributed by atoms with Gasteiger partial charge in [-0.25, -0.2) is 8.42 Å². The van der Waals surface area contributed by atoms with Crippen LogP contribution in [0.5, 0.6) is 5.75 Å². The lowest BCUT2D eigenvalue weighted by Gasteiger charge is -2.28. The first-order chi connectivity index (χ1) is 16.4. The lowest BCUT2D eigenvalue weighted by Crippen LogP contribution is -2.49. The summed E-state index contributed by atoms with van der Waals surface area (Å²) in [5, 5.41) is 3.11. The average molecular weight is 479 g/mol. The molecule has 0 fully saturated rings. The monoisotopic (exact) mass is 478 g/mol. The van der Waals surface area contributed by atoms with E-state index in [2.05, 4.69) is 16.1 Å². The molecule has 3 aromatic rings. The Morgan fingerprint density at radius 1 is 1.06 bits per heavy atom. The number of fused-ring (bicyclic) bond motifs is 1. The Hall–Kier alpha value is -3.16. The lowest BCUT2D eigenvalue weighted by atomic mass is 9.87. The normalized spacial score (nSPS) is 16.4. The van der Waals surface area contributed by atoms with E-state index in [0.717, 1.165) is 30.4 Å². The maximum atomic E-state index is 13.4. The molecule has 1 amide bonds. The number of aryl methyl sites for hydroxylation is 2. The predicted molar refractivity (Wildman–Crippen MR) is 132 cm³/mol. The summed E-state index contributed by atoms with van der Waals surface area (Å²) < 4.78 is 34.4. The first-order valence-corrected chi connectivity index (χ1v) is 12.9. The van der Waals surface area contributed by atoms with Gasteiger partial charge in [-0.2, -0.15) is 4.72 Å². The van der Waals surface area contributed by atoms with Gasteiger partial charge in [-0.1, -0.05) is 54.6 Å². The molecule has 0 saturated heterocycles. The minimum Gasteiger partial charge on any atom is -0.496 e. The van der Waals surface area contributed by atoms with Crippen molar-refractivity contribution in [2.45, 2.75) is 49.6 Å². The number of amides is 1. The van der Waals surface area contributed by atoms with Crippen molar-refractivity contribution in [2.24, 2.45) is 0 Å². The summed E-state index contributed by atoms with van der Waals surface area (Å²) >= 11 is 0. The second kappa shape index (κ2) is 10.4. The van der Waals surface area contributed by atoms with E-state index < -0.39 is 16.1 Å². The van der Waals surface area contributed by atoms with Crippen molar-refractivity contribution in [3.63, 3.8) is 0 Å². The Kier molecular flexibility index (Phi) is 7.34. The van der Waals surface area contributed by atoms with E-state index in [4.69, 9.17) is 4.74 Å². The van der Waals surface area contributed by atoms with Crippen molar-refractivity contribution in [2.75, 3.05) is 7.11 Å². The van der Waals surface area contributed by atoms with Gasteiger partial charge in [0.2, 0.25) is 15.9 Å². The van der Waals surface area contributed by atoms with Gasteiger partial charge in [-0.3, -0.25) is 4.79 Å². The average Bonchev–Trinajstić information content (AvgIpc) is 2.84. The molecular formula is C27H30N2O4S. The smallest absolute Gasteiger partial charge is 0.241 e. The van der Waals surface area contributed by atoms with Crippen molar-refractivity contribution < 1.29 is 17.9 Å². The fraction of sp³-hybridized carbons (Fsp3) is 0.296. The third kappa shape index (κ3) is 5.48. The number of carbonyl (C=O) groups excluding carboxylic acids is 1. The molecular weight excluding hydrogens is 448 g/mol. The van der Waals surface area contributed by atoms with Gasteiger partial charge < -0.3 is 10.1 Å². The van der Waals surface area contributed by atoms with Gasteiger partial charge in [-0.05, 0) is 73.1 Å². The number of sulfonamides is 1. The zero-order chi connectivity index (χ0) is 24.1. The molecule has 0 radical (unpaired) electrons. The van der Waals surface area contributed by atoms with Crippen LogP contribution < -0.4 is 14.8 Å². The van der Waals surface area contributed by atoms with Crippen molar-refractivity contribution in [3.8, 4) is 5.75 Å². The fourth-order valence-corrected chi connectivity index (χ4v) is 5.77. The van der Waals surface area contributed by atoms with E-state index in [9.17, 15) is 13.2 Å². The van der Waals surface area contributed by atoms with Gasteiger partial charge in [0.05, 0.1) is 18.0 Å². The largest absolute Gasteiger partial charge is 0.496 e. The fourth-order valence-electron chi connectivity index (χ4n) is 4.49. The van der Waals surface area contributed by atoms with Crippen LogP contribution in [0.3, 0.4) is 0 Å². The summed E-state index contributed by atoms with van der Waals surface area (Å²) in [6.07, 6.45) is 3.03. The number of methoxy groups -OCH3 is 1. The van der Waals surface area contributed by atoms with E-state index >= 15 is 0 Å². The van der Waals surface area contributed by atoms with E-state index in [1.165, 1.54) is 11.6 Å². The molecule has 0 unspecified atom stereocenters. The van der Waals surface area contributed by atoms with Gasteiger partial charge in [0.1, 0.15) is 11.8 Å². The summed E-state index contributed by atoms with van der Waals surface area (Å²) in [5.41, 5.74) is 3.91. The van der Waals surface area contributed by atoms with Gasteiger partial charge in [-0.15, -0.1) is 0 Å². The van der Waals surface area contributed by atoms with Crippen molar-refractivity contribution in [3.05, 3.63) is 95.1 Å². The zero-order valence-electron chi connectivity index (χ0n) is 19.5. The van der Waals surface area contributed by atoms with Gasteiger partial charge in [0.25, 0.3) is 0 Å². The van der Waals surface area contributed by atoms with Gasteiger partial charge in [0.15, 0.2) is 0 Å². The van der Waals surface area contributed by atoms with Gasteiger partial charge >= 0.3 is 0 Å². The predicted octanol–water partition coefficient (Wildman–Crippen LogP) is 4.09. The van der Waals surface area contributed by atoms with Crippen LogP contribution in [0.1, 0.15) is 41.1 Å². The molecule has 3 aromatic carbocycles. The Morgan fingerprint density at radius 3 is 2.53 bits per heavy atom. The molecule has 1 aliphatic rings. The Morgan fingerprint density at radius 2 is 1.79 bits per heavy atom. The molecule has 178 valence electrons. The molecule has 7 heteroatoms. The van der Waals surface area contributed by atoms with E-state index in [-0.39, 0.29) is 23.3 Å². The summed E-state index contributed by atoms with van der Waals surface area (Å²) in [6, 6.07) is 21.1. The Bertz CT molecular complexity index is 1260. The standard InChI is InChI=1S/C27H30N2O4S/c1-19-17-22(15-16-26(19)33-2)34(31,32)29-25(18-20-9-4-3-5-10-20)27(30)28-24-14-8-12-21-11-6-7-13-23(21)24/h3-7,9-11,13,15-17,24-25,29H,8,12,14,18H2,1-2H3,(H,28,30)/t24-,25-/m0/s1. The van der Waals surface area contributed by atoms with Crippen molar-refractivity contribution in [1.82, 2.24) is 10.0 Å². The molecule has 0 aliphatic heterocycles. The van der Waals surface area contributed by atoms with E-state index in [1.807, 2.05) is 48.5 Å². The Labute approximate surface area is 201 Å². The molecule has 6 nitrogen and oxygen atoms in total. The van der Waals surface area contributed by atoms with Gasteiger partial charge in [0, 0.05) is 0 Å². The van der Waals surface area contributed by atoms with Crippen LogP contribution in [-0.2, 0) is 27.7 Å². The summed E-state index contributed by atoms with van der Waals surface area (Å²) in [7, 11) is -2.40. The second-order valence-electron chi connectivity index (χ2n) is 8.65. The van der Waals surface area contributed by atoms with Crippen LogP contribution in [0.4, 0.5) is 0 Å². The minimum absolute atomic E-state index is 0.0969. The molecule has 0 aromatic heterocycles. The molecule has 0 spiro atoms. The molecule has 2 N–H and O–H groups in total. The Balaban J connectivity index is 1.59. The van der Waals surface area contributed by atoms with Crippen LogP contribution >= 0.6 is 0 Å². The second-order valence-corrected chi connectivity index (χ2v) is 10.4. The summed E-state index contributed by atoms with van der Waals surface area (Å²) in [5.74, 6) is 0.271. The first-order valence-electron chi connectivity index (χ1n) is 11.5. The lowest BCUT2D eigenvalue weighted by molar-refractivity contribution is -0.123. The number of hydrogen-bond acceptors (Lipinski definition) is 4. The van der Waals surface area contributed by atoms with Crippen molar-refractivity contribution >= 4 is 15.9 Å². The van der Waals surface area contributed by atoms with Crippen LogP contribution in [-0.4, -0.2) is 27.5 Å². The molecule has 0 bridgehead atoms. The maximum Gasteiger partial charge on any atom is 0.241 e. The highest BCUT2D eigenvalue weighted by molar-refractivity contribution is 7.89. The van der Waals surface area contributed by atoms with Crippen LogP contribution in [0.2, 0.25) is 0 Å². The quantitative estimate of drug-likeness (QED) is 0.511. The highest BCUT2D eigenvalue weighted by atomic mass is 32.2. The highest BCUT2D eigenvalue weighted by Crippen LogP contribution is 2.29. The molecule has 0 saturated carbocycles. The van der Waals surface area contributed by atoms with E-state index in [0.29, 0.717) is 11.3 Å². The first kappa shape index (κ1) is 24.0. The number of ether oxygens (including phenoxy) is 1. The molecule has 34 heavy (non-hydrogen) atoms. The molecule has 2 atom stereocenters. The number of hydrogen-bond donors (Lipinski definition) is 2. The zero-order valence-corrected chi connectivity index (χ0v) is 20.3. The van der Waals surface area contributed by atoms with Crippen LogP contribution in [0, 0.1) is 6.92 Å². The SMILES string of the molecule is COc1ccc(S(=O)(=O)N[C@@H](Cc2ccccc2)C(=O)N[C@H]2CCCc3ccccc32)cc1C. The number of carbonyl (C=O) groups is 1. The number of nitrogens with one attached hydrogen (secondary N) is 2. The third-order valence-corrected chi connectivity index (χ3v) is 7.73. The summed E-state index contributed by atoms with van der Waals surface area (Å²) in [6.45, 7) is 1.78. The topological polar surface area (TPSA) is 84.5 Å². The number of benzene rings is 3. The minimum atomic E-state index is -3.94. The van der Waals surface area contributed by atoms with E-state index in [1.54, 1.807) is 26.2 Å². The summed E-state index contributed by atoms with van der Waals surface area (Å²) in [4.78, 5) is 13.5.